The molecule has 1 aromatic heterocycles. The number of rotatable bonds is 3. The lowest BCUT2D eigenvalue weighted by molar-refractivity contribution is 0.241. The van der Waals surface area contributed by atoms with Crippen LogP contribution in [0.25, 0.3) is 0 Å². The predicted molar refractivity (Wildman–Crippen MR) is 69.8 cm³/mol. The highest BCUT2D eigenvalue weighted by atomic mass is 32.1. The highest BCUT2D eigenvalue weighted by Gasteiger charge is 2.44. The van der Waals surface area contributed by atoms with Crippen LogP contribution in [0.4, 0.5) is 0 Å². The van der Waals surface area contributed by atoms with E-state index in [1.54, 1.807) is 0 Å². The maximum Gasteiger partial charge on any atom is 0.113 e. The van der Waals surface area contributed by atoms with E-state index in [0.29, 0.717) is 12.0 Å². The average Bonchev–Trinajstić information content (AvgIpc) is 2.75. The molecule has 1 N–H and O–H groups in total. The van der Waals surface area contributed by atoms with Gasteiger partial charge >= 0.3 is 0 Å². The molecule has 0 radical (unpaired) electrons. The molecule has 1 aliphatic carbocycles. The second kappa shape index (κ2) is 4.46. The summed E-state index contributed by atoms with van der Waals surface area (Å²) in [5.74, 6) is 0.695. The molecular formula is C13H22N2S. The van der Waals surface area contributed by atoms with Crippen molar-refractivity contribution in [2.24, 2.45) is 5.92 Å². The monoisotopic (exact) mass is 238 g/mol. The quantitative estimate of drug-likeness (QED) is 0.872. The molecule has 3 heteroatoms. The van der Waals surface area contributed by atoms with E-state index < -0.39 is 0 Å². The van der Waals surface area contributed by atoms with Crippen LogP contribution < -0.4 is 5.32 Å². The van der Waals surface area contributed by atoms with Gasteiger partial charge in [0.2, 0.25) is 0 Å². The van der Waals surface area contributed by atoms with E-state index in [0.717, 1.165) is 5.69 Å². The van der Waals surface area contributed by atoms with E-state index in [2.05, 4.69) is 38.4 Å². The number of aromatic nitrogens is 1. The second-order valence-electron chi connectivity index (χ2n) is 5.36. The normalized spacial score (nSPS) is 30.2. The molecule has 90 valence electrons. The van der Waals surface area contributed by atoms with Crippen molar-refractivity contribution in [3.63, 3.8) is 0 Å². The zero-order valence-corrected chi connectivity index (χ0v) is 11.5. The first kappa shape index (κ1) is 12.1. The summed E-state index contributed by atoms with van der Waals surface area (Å²) in [6.45, 7) is 8.91. The Labute approximate surface area is 102 Å². The summed E-state index contributed by atoms with van der Waals surface area (Å²) in [5.41, 5.74) is 1.30. The van der Waals surface area contributed by atoms with Gasteiger partial charge in [-0.2, -0.15) is 0 Å². The van der Waals surface area contributed by atoms with Gasteiger partial charge in [0.15, 0.2) is 0 Å². The summed E-state index contributed by atoms with van der Waals surface area (Å²) in [6.07, 6.45) is 3.87. The van der Waals surface area contributed by atoms with Gasteiger partial charge in [0.25, 0.3) is 0 Å². The fourth-order valence-electron chi connectivity index (χ4n) is 2.85. The molecule has 0 spiro atoms. The third-order valence-electron chi connectivity index (χ3n) is 3.60. The molecule has 2 nitrogen and oxygen atoms in total. The lowest BCUT2D eigenvalue weighted by Gasteiger charge is -2.35. The van der Waals surface area contributed by atoms with Crippen molar-refractivity contribution in [1.82, 2.24) is 10.3 Å². The van der Waals surface area contributed by atoms with Crippen LogP contribution in [-0.4, -0.2) is 11.0 Å². The molecule has 2 unspecified atom stereocenters. The van der Waals surface area contributed by atoms with Gasteiger partial charge < -0.3 is 5.32 Å². The standard InChI is InChI=1S/C13H22N2S/c1-9(2)15-13(7-5-6-10(13)3)12-14-11(4)8-16-12/h8-10,15H,5-7H2,1-4H3. The fraction of sp³-hybridized carbons (Fsp3) is 0.769. The Bertz CT molecular complexity index is 359. The molecule has 1 heterocycles. The van der Waals surface area contributed by atoms with Crippen LogP contribution in [0.5, 0.6) is 0 Å². The van der Waals surface area contributed by atoms with Gasteiger partial charge in [0.05, 0.1) is 5.54 Å². The molecule has 2 atom stereocenters. The fourth-order valence-corrected chi connectivity index (χ4v) is 3.95. The Morgan fingerprint density at radius 1 is 1.56 bits per heavy atom. The van der Waals surface area contributed by atoms with Crippen molar-refractivity contribution < 1.29 is 0 Å². The van der Waals surface area contributed by atoms with Gasteiger partial charge in [-0.05, 0) is 39.5 Å². The van der Waals surface area contributed by atoms with E-state index in [9.17, 15) is 0 Å². The van der Waals surface area contributed by atoms with Crippen LogP contribution in [0.1, 0.15) is 50.7 Å². The SMILES string of the molecule is Cc1csc(C2(NC(C)C)CCCC2C)n1. The Morgan fingerprint density at radius 3 is 2.75 bits per heavy atom. The number of nitrogens with zero attached hydrogens (tertiary/aromatic N) is 1. The maximum atomic E-state index is 4.72. The molecule has 1 fully saturated rings. The molecule has 0 aromatic carbocycles. The Hall–Kier alpha value is -0.410. The predicted octanol–water partition coefficient (Wildman–Crippen LogP) is 3.46. The first-order valence-electron chi connectivity index (χ1n) is 6.25. The van der Waals surface area contributed by atoms with Crippen LogP contribution in [0.15, 0.2) is 5.38 Å². The largest absolute Gasteiger partial charge is 0.303 e. The van der Waals surface area contributed by atoms with Crippen LogP contribution in [-0.2, 0) is 5.54 Å². The molecule has 0 saturated heterocycles. The van der Waals surface area contributed by atoms with Gasteiger partial charge in [-0.25, -0.2) is 4.98 Å². The van der Waals surface area contributed by atoms with E-state index in [-0.39, 0.29) is 5.54 Å². The molecule has 0 aliphatic heterocycles. The van der Waals surface area contributed by atoms with Crippen molar-refractivity contribution >= 4 is 11.3 Å². The molecular weight excluding hydrogens is 216 g/mol. The van der Waals surface area contributed by atoms with E-state index >= 15 is 0 Å². The Balaban J connectivity index is 2.34. The lowest BCUT2D eigenvalue weighted by Crippen LogP contribution is -2.47. The number of nitrogens with one attached hydrogen (secondary N) is 1. The van der Waals surface area contributed by atoms with Crippen molar-refractivity contribution in [2.45, 2.75) is 58.5 Å². The molecule has 1 saturated carbocycles. The smallest absolute Gasteiger partial charge is 0.113 e. The van der Waals surface area contributed by atoms with Crippen molar-refractivity contribution in [3.05, 3.63) is 16.1 Å². The summed E-state index contributed by atoms with van der Waals surface area (Å²) in [4.78, 5) is 4.72. The van der Waals surface area contributed by atoms with E-state index in [1.807, 2.05) is 11.3 Å². The number of aryl methyl sites for hydroxylation is 1. The molecule has 0 amide bonds. The minimum absolute atomic E-state index is 0.146. The van der Waals surface area contributed by atoms with Crippen molar-refractivity contribution in [3.8, 4) is 0 Å². The van der Waals surface area contributed by atoms with Crippen LogP contribution in [0.2, 0.25) is 0 Å². The van der Waals surface area contributed by atoms with Gasteiger partial charge in [0, 0.05) is 17.1 Å². The zero-order valence-electron chi connectivity index (χ0n) is 10.7. The Morgan fingerprint density at radius 2 is 2.31 bits per heavy atom. The van der Waals surface area contributed by atoms with Crippen LogP contribution in [0, 0.1) is 12.8 Å². The molecule has 2 rings (SSSR count). The number of hydrogen-bond acceptors (Lipinski definition) is 3. The highest BCUT2D eigenvalue weighted by molar-refractivity contribution is 7.09. The molecule has 16 heavy (non-hydrogen) atoms. The first-order chi connectivity index (χ1) is 7.54. The molecule has 1 aromatic rings. The topological polar surface area (TPSA) is 24.9 Å². The number of thiazole rings is 1. The summed E-state index contributed by atoms with van der Waals surface area (Å²) in [7, 11) is 0. The van der Waals surface area contributed by atoms with E-state index in [1.165, 1.54) is 24.3 Å². The third-order valence-corrected chi connectivity index (χ3v) is 4.73. The summed E-state index contributed by atoms with van der Waals surface area (Å²) in [6, 6.07) is 0.518. The lowest BCUT2D eigenvalue weighted by atomic mass is 9.88. The third kappa shape index (κ3) is 2.03. The van der Waals surface area contributed by atoms with Gasteiger partial charge in [0.1, 0.15) is 5.01 Å². The second-order valence-corrected chi connectivity index (χ2v) is 6.22. The number of hydrogen-bond donors (Lipinski definition) is 1. The van der Waals surface area contributed by atoms with Gasteiger partial charge in [-0.15, -0.1) is 11.3 Å². The van der Waals surface area contributed by atoms with Crippen LogP contribution in [0.3, 0.4) is 0 Å². The van der Waals surface area contributed by atoms with Crippen molar-refractivity contribution in [2.75, 3.05) is 0 Å². The van der Waals surface area contributed by atoms with Gasteiger partial charge in [-0.1, -0.05) is 13.3 Å². The van der Waals surface area contributed by atoms with Crippen LogP contribution >= 0.6 is 11.3 Å². The highest BCUT2D eigenvalue weighted by Crippen LogP contribution is 2.44. The maximum absolute atomic E-state index is 4.72. The zero-order chi connectivity index (χ0) is 11.8. The molecule has 1 aliphatic rings. The Kier molecular flexibility index (Phi) is 3.36. The summed E-state index contributed by atoms with van der Waals surface area (Å²) < 4.78 is 0. The minimum atomic E-state index is 0.146. The average molecular weight is 238 g/mol. The van der Waals surface area contributed by atoms with Crippen molar-refractivity contribution in [1.29, 1.82) is 0 Å². The molecule has 0 bridgehead atoms. The van der Waals surface area contributed by atoms with E-state index in [4.69, 9.17) is 4.98 Å². The first-order valence-corrected chi connectivity index (χ1v) is 7.13. The summed E-state index contributed by atoms with van der Waals surface area (Å²) >= 11 is 1.82. The summed E-state index contributed by atoms with van der Waals surface area (Å²) in [5, 5.41) is 7.25. The van der Waals surface area contributed by atoms with Gasteiger partial charge in [-0.3, -0.25) is 0 Å². The minimum Gasteiger partial charge on any atom is -0.303 e.